The first-order chi connectivity index (χ1) is 8.60. The van der Waals surface area contributed by atoms with Crippen LogP contribution in [0.1, 0.15) is 16.7 Å². The molecule has 0 bridgehead atoms. The molecule has 0 fully saturated rings. The average Bonchev–Trinajstić information content (AvgIpc) is 2.27. The minimum Gasteiger partial charge on any atom is -0.457 e. The van der Waals surface area contributed by atoms with Gasteiger partial charge in [0.1, 0.15) is 17.3 Å². The zero-order valence-electron chi connectivity index (χ0n) is 10.3. The fourth-order valence-electron chi connectivity index (χ4n) is 1.88. The summed E-state index contributed by atoms with van der Waals surface area (Å²) in [6.07, 6.45) is 0. The van der Waals surface area contributed by atoms with Crippen LogP contribution in [-0.4, -0.2) is 0 Å². The van der Waals surface area contributed by atoms with E-state index >= 15 is 0 Å². The number of rotatable bonds is 3. The molecule has 0 aliphatic rings. The number of aryl methyl sites for hydroxylation is 2. The molecule has 0 radical (unpaired) electrons. The predicted molar refractivity (Wildman–Crippen MR) is 71.9 cm³/mol. The van der Waals surface area contributed by atoms with Crippen molar-refractivity contribution in [3.8, 4) is 11.5 Å². The Labute approximate surface area is 111 Å². The zero-order valence-corrected chi connectivity index (χ0v) is 11.1. The fourth-order valence-corrected chi connectivity index (χ4v) is 2.14. The van der Waals surface area contributed by atoms with Gasteiger partial charge in [0.2, 0.25) is 0 Å². The van der Waals surface area contributed by atoms with Gasteiger partial charge in [-0.15, -0.1) is 11.6 Å². The van der Waals surface area contributed by atoms with E-state index in [1.54, 1.807) is 12.1 Å². The Kier molecular flexibility index (Phi) is 3.87. The highest BCUT2D eigenvalue weighted by Gasteiger charge is 2.09. The number of hydrogen-bond donors (Lipinski definition) is 0. The Balaban J connectivity index is 2.36. The highest BCUT2D eigenvalue weighted by Crippen LogP contribution is 2.29. The van der Waals surface area contributed by atoms with Crippen LogP contribution in [0.2, 0.25) is 0 Å². The molecule has 94 valence electrons. The summed E-state index contributed by atoms with van der Waals surface area (Å²) in [6.45, 7) is 3.99. The van der Waals surface area contributed by atoms with Crippen molar-refractivity contribution in [2.24, 2.45) is 0 Å². The molecule has 1 nitrogen and oxygen atoms in total. The summed E-state index contributed by atoms with van der Waals surface area (Å²) >= 11 is 5.75. The summed E-state index contributed by atoms with van der Waals surface area (Å²) in [7, 11) is 0. The summed E-state index contributed by atoms with van der Waals surface area (Å²) in [5.41, 5.74) is 2.60. The van der Waals surface area contributed by atoms with Crippen molar-refractivity contribution in [3.63, 3.8) is 0 Å². The van der Waals surface area contributed by atoms with Crippen LogP contribution in [0.5, 0.6) is 11.5 Å². The Morgan fingerprint density at radius 3 is 2.39 bits per heavy atom. The number of ether oxygens (including phenoxy) is 1. The van der Waals surface area contributed by atoms with Crippen molar-refractivity contribution in [3.05, 3.63) is 58.9 Å². The summed E-state index contributed by atoms with van der Waals surface area (Å²) in [5.74, 6) is 0.915. The molecule has 2 aromatic rings. The van der Waals surface area contributed by atoms with Gasteiger partial charge in [0, 0.05) is 5.56 Å². The summed E-state index contributed by atoms with van der Waals surface area (Å²) in [6, 6.07) is 10.6. The maximum absolute atomic E-state index is 13.5. The highest BCUT2D eigenvalue weighted by atomic mass is 35.5. The molecular formula is C15H14ClFO. The molecule has 0 spiro atoms. The van der Waals surface area contributed by atoms with Gasteiger partial charge in [0.25, 0.3) is 0 Å². The van der Waals surface area contributed by atoms with E-state index < -0.39 is 0 Å². The largest absolute Gasteiger partial charge is 0.457 e. The number of alkyl halides is 1. The monoisotopic (exact) mass is 264 g/mol. The van der Waals surface area contributed by atoms with E-state index in [-0.39, 0.29) is 11.7 Å². The van der Waals surface area contributed by atoms with Gasteiger partial charge < -0.3 is 4.74 Å². The smallest absolute Gasteiger partial charge is 0.134 e. The molecular weight excluding hydrogens is 251 g/mol. The maximum Gasteiger partial charge on any atom is 0.134 e. The average molecular weight is 265 g/mol. The van der Waals surface area contributed by atoms with Crippen molar-refractivity contribution >= 4 is 11.6 Å². The minimum absolute atomic E-state index is 0.0901. The lowest BCUT2D eigenvalue weighted by Crippen LogP contribution is -1.93. The van der Waals surface area contributed by atoms with Crippen LogP contribution in [0.4, 0.5) is 4.39 Å². The van der Waals surface area contributed by atoms with Crippen LogP contribution in [0.25, 0.3) is 0 Å². The molecule has 0 amide bonds. The van der Waals surface area contributed by atoms with Crippen LogP contribution >= 0.6 is 11.6 Å². The lowest BCUT2D eigenvalue weighted by atomic mass is 10.1. The first-order valence-corrected chi connectivity index (χ1v) is 6.23. The Morgan fingerprint density at radius 2 is 1.78 bits per heavy atom. The topological polar surface area (TPSA) is 9.23 Å². The molecule has 18 heavy (non-hydrogen) atoms. The van der Waals surface area contributed by atoms with Crippen molar-refractivity contribution in [2.75, 3.05) is 0 Å². The number of hydrogen-bond acceptors (Lipinski definition) is 1. The van der Waals surface area contributed by atoms with Crippen LogP contribution in [0.15, 0.2) is 36.4 Å². The molecule has 0 heterocycles. The zero-order chi connectivity index (χ0) is 13.1. The van der Waals surface area contributed by atoms with Crippen molar-refractivity contribution in [2.45, 2.75) is 19.7 Å². The normalized spacial score (nSPS) is 10.4. The lowest BCUT2D eigenvalue weighted by Gasteiger charge is -2.11. The van der Waals surface area contributed by atoms with Gasteiger partial charge in [-0.2, -0.15) is 0 Å². The molecule has 0 atom stereocenters. The molecule has 0 N–H and O–H groups in total. The molecule has 0 aliphatic heterocycles. The van der Waals surface area contributed by atoms with E-state index in [1.807, 2.05) is 26.0 Å². The highest BCUT2D eigenvalue weighted by molar-refractivity contribution is 6.17. The Bertz CT molecular complexity index is 546. The second kappa shape index (κ2) is 5.40. The molecule has 0 saturated carbocycles. The Hall–Kier alpha value is -1.54. The fraction of sp³-hybridized carbons (Fsp3) is 0.200. The van der Waals surface area contributed by atoms with Gasteiger partial charge in [-0.25, -0.2) is 4.39 Å². The summed E-state index contributed by atoms with van der Waals surface area (Å²) < 4.78 is 19.3. The molecule has 2 aromatic carbocycles. The van der Waals surface area contributed by atoms with Crippen molar-refractivity contribution in [1.29, 1.82) is 0 Å². The van der Waals surface area contributed by atoms with Crippen LogP contribution in [-0.2, 0) is 5.88 Å². The standard InChI is InChI=1S/C15H14ClFO/c1-10-6-11(2)8-12(7-10)18-15-5-3-4-14(17)13(15)9-16/h3-8H,9H2,1-2H3. The van der Waals surface area contributed by atoms with Gasteiger partial charge in [0.05, 0.1) is 5.88 Å². The number of halogens is 2. The molecule has 3 heteroatoms. The molecule has 0 aliphatic carbocycles. The second-order valence-electron chi connectivity index (χ2n) is 4.28. The third-order valence-electron chi connectivity index (χ3n) is 2.63. The van der Waals surface area contributed by atoms with E-state index in [0.717, 1.165) is 11.1 Å². The maximum atomic E-state index is 13.5. The van der Waals surface area contributed by atoms with Gasteiger partial charge in [-0.1, -0.05) is 12.1 Å². The number of benzene rings is 2. The van der Waals surface area contributed by atoms with E-state index in [4.69, 9.17) is 16.3 Å². The lowest BCUT2D eigenvalue weighted by molar-refractivity contribution is 0.469. The van der Waals surface area contributed by atoms with Crippen molar-refractivity contribution in [1.82, 2.24) is 0 Å². The second-order valence-corrected chi connectivity index (χ2v) is 4.54. The third-order valence-corrected chi connectivity index (χ3v) is 2.90. The predicted octanol–water partition coefficient (Wildman–Crippen LogP) is 4.97. The molecule has 0 aromatic heterocycles. The minimum atomic E-state index is -0.341. The van der Waals surface area contributed by atoms with Crippen LogP contribution in [0.3, 0.4) is 0 Å². The quantitative estimate of drug-likeness (QED) is 0.711. The van der Waals surface area contributed by atoms with E-state index in [1.165, 1.54) is 6.07 Å². The SMILES string of the molecule is Cc1cc(C)cc(Oc2cccc(F)c2CCl)c1. The van der Waals surface area contributed by atoms with E-state index in [2.05, 4.69) is 6.07 Å². The van der Waals surface area contributed by atoms with Crippen LogP contribution in [0, 0.1) is 19.7 Å². The molecule has 0 saturated heterocycles. The van der Waals surface area contributed by atoms with E-state index in [9.17, 15) is 4.39 Å². The van der Waals surface area contributed by atoms with Gasteiger partial charge in [-0.3, -0.25) is 0 Å². The summed E-state index contributed by atoms with van der Waals surface area (Å²) in [5, 5.41) is 0. The van der Waals surface area contributed by atoms with Crippen molar-refractivity contribution < 1.29 is 9.13 Å². The van der Waals surface area contributed by atoms with Crippen LogP contribution < -0.4 is 4.74 Å². The third kappa shape index (κ3) is 2.82. The van der Waals surface area contributed by atoms with E-state index in [0.29, 0.717) is 17.1 Å². The van der Waals surface area contributed by atoms with Gasteiger partial charge >= 0.3 is 0 Å². The molecule has 0 unspecified atom stereocenters. The first kappa shape index (κ1) is 12.9. The first-order valence-electron chi connectivity index (χ1n) is 5.69. The van der Waals surface area contributed by atoms with Gasteiger partial charge in [-0.05, 0) is 49.2 Å². The summed E-state index contributed by atoms with van der Waals surface area (Å²) in [4.78, 5) is 0. The Morgan fingerprint density at radius 1 is 1.11 bits per heavy atom. The molecule has 2 rings (SSSR count). The van der Waals surface area contributed by atoms with Gasteiger partial charge in [0.15, 0.2) is 0 Å².